The van der Waals surface area contributed by atoms with Gasteiger partial charge in [0, 0.05) is 17.4 Å². The third kappa shape index (κ3) is 2.59. The van der Waals surface area contributed by atoms with E-state index in [4.69, 9.17) is 4.74 Å². The largest absolute Gasteiger partial charge is 0.485 e. The van der Waals surface area contributed by atoms with Crippen LogP contribution in [0.2, 0.25) is 0 Å². The summed E-state index contributed by atoms with van der Waals surface area (Å²) in [5.74, 6) is -1.50. The summed E-state index contributed by atoms with van der Waals surface area (Å²) < 4.78 is 6.38. The lowest BCUT2D eigenvalue weighted by atomic mass is 9.58. The monoisotopic (exact) mass is 348 g/mol. The van der Waals surface area contributed by atoms with Crippen LogP contribution in [0.1, 0.15) is 55.1 Å². The van der Waals surface area contributed by atoms with Crippen LogP contribution in [0.15, 0.2) is 12.1 Å². The fraction of sp³-hybridized carbons (Fsp3) is 0.579. The van der Waals surface area contributed by atoms with Gasteiger partial charge in [-0.1, -0.05) is 20.8 Å². The Kier molecular flexibility index (Phi) is 4.06. The standard InChI is InChI=1S/C19H24O6/c1-10-4-5-14(20)18(2,3)19(10)9-13-7-12(17(23)24)6-11(8-15(21)22)16(13)25-19/h6-7,10,14,20H,4-5,8-9H2,1-3H3,(H,21,22)(H,23,24)/t10-,14+,19+/m1/s1. The van der Waals surface area contributed by atoms with Crippen molar-refractivity contribution in [3.8, 4) is 5.75 Å². The Balaban J connectivity index is 2.12. The van der Waals surface area contributed by atoms with Crippen molar-refractivity contribution in [3.05, 3.63) is 28.8 Å². The minimum absolute atomic E-state index is 0.0671. The molecule has 0 radical (unpaired) electrons. The highest BCUT2D eigenvalue weighted by Crippen LogP contribution is 2.56. The summed E-state index contributed by atoms with van der Waals surface area (Å²) in [4.78, 5) is 22.6. The summed E-state index contributed by atoms with van der Waals surface area (Å²) in [5, 5.41) is 29.1. The lowest BCUT2D eigenvalue weighted by molar-refractivity contribution is -0.156. The van der Waals surface area contributed by atoms with Gasteiger partial charge in [0.1, 0.15) is 11.4 Å². The molecule has 1 aliphatic carbocycles. The van der Waals surface area contributed by atoms with E-state index in [1.165, 1.54) is 6.07 Å². The van der Waals surface area contributed by atoms with Crippen LogP contribution in [0, 0.1) is 11.3 Å². The summed E-state index contributed by atoms with van der Waals surface area (Å²) in [6.45, 7) is 6.01. The number of hydrogen-bond donors (Lipinski definition) is 3. The first-order chi connectivity index (χ1) is 11.6. The number of carbonyl (C=O) groups is 2. The average Bonchev–Trinajstić information content (AvgIpc) is 2.91. The van der Waals surface area contributed by atoms with Crippen molar-refractivity contribution in [3.63, 3.8) is 0 Å². The van der Waals surface area contributed by atoms with Crippen molar-refractivity contribution in [1.29, 1.82) is 0 Å². The fourth-order valence-electron chi connectivity index (χ4n) is 4.49. The smallest absolute Gasteiger partial charge is 0.335 e. The second kappa shape index (κ2) is 5.73. The highest BCUT2D eigenvalue weighted by atomic mass is 16.5. The summed E-state index contributed by atoms with van der Waals surface area (Å²) in [5.41, 5.74) is -0.0460. The molecule has 136 valence electrons. The van der Waals surface area contributed by atoms with Crippen molar-refractivity contribution < 1.29 is 29.6 Å². The minimum atomic E-state index is -1.09. The van der Waals surface area contributed by atoms with Gasteiger partial charge in [0.25, 0.3) is 0 Å². The Hall–Kier alpha value is -2.08. The van der Waals surface area contributed by atoms with Crippen molar-refractivity contribution in [2.24, 2.45) is 11.3 Å². The number of benzene rings is 1. The van der Waals surface area contributed by atoms with Crippen LogP contribution in [0.3, 0.4) is 0 Å². The van der Waals surface area contributed by atoms with E-state index < -0.39 is 29.1 Å². The summed E-state index contributed by atoms with van der Waals surface area (Å²) in [6, 6.07) is 2.95. The molecule has 6 heteroatoms. The second-order valence-corrected chi connectivity index (χ2v) is 7.88. The van der Waals surface area contributed by atoms with Gasteiger partial charge in [0.2, 0.25) is 0 Å². The molecule has 0 amide bonds. The molecule has 3 N–H and O–H groups in total. The molecular formula is C19H24O6. The minimum Gasteiger partial charge on any atom is -0.485 e. The summed E-state index contributed by atoms with van der Waals surface area (Å²) in [7, 11) is 0. The fourth-order valence-corrected chi connectivity index (χ4v) is 4.49. The number of hydrogen-bond acceptors (Lipinski definition) is 4. The molecule has 1 fully saturated rings. The maximum atomic E-state index is 11.4. The van der Waals surface area contributed by atoms with E-state index in [9.17, 15) is 24.9 Å². The van der Waals surface area contributed by atoms with Crippen LogP contribution in [0.4, 0.5) is 0 Å². The van der Waals surface area contributed by atoms with Crippen LogP contribution in [-0.2, 0) is 17.6 Å². The zero-order valence-electron chi connectivity index (χ0n) is 14.7. The van der Waals surface area contributed by atoms with Crippen LogP contribution in [0.25, 0.3) is 0 Å². The number of rotatable bonds is 3. The lowest BCUT2D eigenvalue weighted by Crippen LogP contribution is -2.61. The molecule has 6 nitrogen and oxygen atoms in total. The van der Waals surface area contributed by atoms with Gasteiger partial charge in [-0.25, -0.2) is 4.79 Å². The van der Waals surface area contributed by atoms with E-state index in [1.807, 2.05) is 13.8 Å². The van der Waals surface area contributed by atoms with Gasteiger partial charge in [0.05, 0.1) is 18.1 Å². The molecule has 0 aromatic heterocycles. The van der Waals surface area contributed by atoms with Gasteiger partial charge < -0.3 is 20.1 Å². The van der Waals surface area contributed by atoms with E-state index in [-0.39, 0.29) is 17.9 Å². The van der Waals surface area contributed by atoms with Crippen molar-refractivity contribution in [2.45, 2.75) is 58.2 Å². The Morgan fingerprint density at radius 2 is 1.92 bits per heavy atom. The molecule has 1 aliphatic heterocycles. The van der Waals surface area contributed by atoms with E-state index in [1.54, 1.807) is 6.07 Å². The second-order valence-electron chi connectivity index (χ2n) is 7.88. The number of aliphatic hydroxyl groups excluding tert-OH is 1. The number of aliphatic hydroxyl groups is 1. The third-order valence-corrected chi connectivity index (χ3v) is 6.16. The van der Waals surface area contributed by atoms with E-state index >= 15 is 0 Å². The van der Waals surface area contributed by atoms with Gasteiger partial charge in [-0.2, -0.15) is 0 Å². The first-order valence-corrected chi connectivity index (χ1v) is 8.56. The number of aliphatic carboxylic acids is 1. The van der Waals surface area contributed by atoms with E-state index in [0.717, 1.165) is 6.42 Å². The molecule has 2 aliphatic rings. The third-order valence-electron chi connectivity index (χ3n) is 6.16. The van der Waals surface area contributed by atoms with Crippen LogP contribution in [0.5, 0.6) is 5.75 Å². The SMILES string of the molecule is C[C@@H]1CC[C@H](O)C(C)(C)[C@]12Cc1cc(C(=O)O)cc(CC(=O)O)c1O2. The Labute approximate surface area is 146 Å². The predicted molar refractivity (Wildman–Crippen MR) is 90.0 cm³/mol. The van der Waals surface area contributed by atoms with Gasteiger partial charge in [-0.15, -0.1) is 0 Å². The number of ether oxygens (including phenoxy) is 1. The topological polar surface area (TPSA) is 104 Å². The molecular weight excluding hydrogens is 324 g/mol. The lowest BCUT2D eigenvalue weighted by Gasteiger charge is -2.53. The molecule has 0 unspecified atom stereocenters. The number of aromatic carboxylic acids is 1. The first kappa shape index (κ1) is 17.7. The summed E-state index contributed by atoms with van der Waals surface area (Å²) in [6.07, 6.45) is 1.15. The molecule has 1 saturated carbocycles. The van der Waals surface area contributed by atoms with Gasteiger partial charge in [0.15, 0.2) is 0 Å². The Bertz CT molecular complexity index is 738. The van der Waals surface area contributed by atoms with Gasteiger partial charge in [-0.3, -0.25) is 4.79 Å². The first-order valence-electron chi connectivity index (χ1n) is 8.56. The molecule has 25 heavy (non-hydrogen) atoms. The highest BCUT2D eigenvalue weighted by molar-refractivity contribution is 5.89. The molecule has 1 aromatic carbocycles. The van der Waals surface area contributed by atoms with Crippen molar-refractivity contribution in [1.82, 2.24) is 0 Å². The quantitative estimate of drug-likeness (QED) is 0.775. The zero-order valence-corrected chi connectivity index (χ0v) is 14.7. The Morgan fingerprint density at radius 1 is 1.24 bits per heavy atom. The van der Waals surface area contributed by atoms with Gasteiger partial charge >= 0.3 is 11.9 Å². The molecule has 0 saturated heterocycles. The molecule has 1 aromatic rings. The Morgan fingerprint density at radius 3 is 2.52 bits per heavy atom. The summed E-state index contributed by atoms with van der Waals surface area (Å²) >= 11 is 0. The highest BCUT2D eigenvalue weighted by Gasteiger charge is 2.60. The van der Waals surface area contributed by atoms with Crippen molar-refractivity contribution in [2.75, 3.05) is 0 Å². The zero-order chi connectivity index (χ0) is 18.6. The number of carboxylic acid groups (broad SMARTS) is 2. The molecule has 3 atom stereocenters. The number of fused-ring (bicyclic) bond motifs is 1. The maximum absolute atomic E-state index is 11.4. The predicted octanol–water partition coefficient (Wildman–Crippen LogP) is 2.50. The van der Waals surface area contributed by atoms with Crippen LogP contribution >= 0.6 is 0 Å². The van der Waals surface area contributed by atoms with Crippen molar-refractivity contribution >= 4 is 11.9 Å². The van der Waals surface area contributed by atoms with Gasteiger partial charge in [-0.05, 0) is 36.5 Å². The molecule has 1 spiro atoms. The van der Waals surface area contributed by atoms with E-state index in [2.05, 4.69) is 6.92 Å². The average molecular weight is 348 g/mol. The van der Waals surface area contributed by atoms with E-state index in [0.29, 0.717) is 29.7 Å². The maximum Gasteiger partial charge on any atom is 0.335 e. The molecule has 3 rings (SSSR count). The van der Waals surface area contributed by atoms with Crippen LogP contribution < -0.4 is 4.74 Å². The molecule has 0 bridgehead atoms. The normalized spacial score (nSPS) is 29.9. The van der Waals surface area contributed by atoms with Crippen LogP contribution in [-0.4, -0.2) is 39.0 Å². The molecule has 1 heterocycles. The number of carboxylic acids is 2.